The van der Waals surface area contributed by atoms with Crippen molar-refractivity contribution in [2.45, 2.75) is 71.2 Å². The van der Waals surface area contributed by atoms with Crippen LogP contribution in [0.3, 0.4) is 0 Å². The molecule has 182 valence electrons. The summed E-state index contributed by atoms with van der Waals surface area (Å²) in [5.74, 6) is -0.152. The van der Waals surface area contributed by atoms with Crippen LogP contribution < -0.4 is 5.32 Å². The van der Waals surface area contributed by atoms with E-state index in [0.717, 1.165) is 12.0 Å². The quantitative estimate of drug-likeness (QED) is 0.515. The molecule has 1 fully saturated rings. The molecule has 1 N–H and O–H groups in total. The first kappa shape index (κ1) is 26.7. The van der Waals surface area contributed by atoms with Crippen LogP contribution >= 0.6 is 11.8 Å². The van der Waals surface area contributed by atoms with Gasteiger partial charge < -0.3 is 14.8 Å². The minimum Gasteiger partial charge on any atom is -0.459 e. The smallest absolute Gasteiger partial charge is 0.411 e. The van der Waals surface area contributed by atoms with Gasteiger partial charge in [0.1, 0.15) is 18.2 Å². The molecule has 1 aliphatic heterocycles. The summed E-state index contributed by atoms with van der Waals surface area (Å²) in [4.78, 5) is 50.7. The number of thioether (sulfide) groups is 1. The van der Waals surface area contributed by atoms with E-state index in [4.69, 9.17) is 9.47 Å². The number of carbonyl (C=O) groups is 4. The van der Waals surface area contributed by atoms with Crippen molar-refractivity contribution in [1.82, 2.24) is 10.2 Å². The zero-order valence-corrected chi connectivity index (χ0v) is 20.6. The molecule has 1 aliphatic rings. The third kappa shape index (κ3) is 9.45. The fourth-order valence-corrected chi connectivity index (χ4v) is 4.30. The number of carbonyl (C=O) groups excluding carboxylic acids is 4. The Morgan fingerprint density at radius 3 is 2.55 bits per heavy atom. The lowest BCUT2D eigenvalue weighted by atomic mass is 10.1. The van der Waals surface area contributed by atoms with E-state index >= 15 is 0 Å². The van der Waals surface area contributed by atoms with Crippen molar-refractivity contribution >= 4 is 35.5 Å². The van der Waals surface area contributed by atoms with Gasteiger partial charge in [-0.2, -0.15) is 0 Å². The number of nitrogens with zero attached hydrogens (tertiary/aromatic N) is 1. The van der Waals surface area contributed by atoms with Crippen LogP contribution in [0.5, 0.6) is 0 Å². The molecule has 9 heteroatoms. The summed E-state index contributed by atoms with van der Waals surface area (Å²) in [6, 6.07) is 8.13. The number of benzene rings is 1. The van der Waals surface area contributed by atoms with E-state index < -0.39 is 17.7 Å². The number of esters is 1. The zero-order valence-electron chi connectivity index (χ0n) is 19.8. The normalized spacial score (nSPS) is 16.9. The van der Waals surface area contributed by atoms with Crippen molar-refractivity contribution in [2.24, 2.45) is 0 Å². The number of nitrogens with one attached hydrogen (secondary N) is 1. The molecular weight excluding hydrogens is 444 g/mol. The van der Waals surface area contributed by atoms with Crippen molar-refractivity contribution in [2.75, 3.05) is 18.1 Å². The van der Waals surface area contributed by atoms with Crippen LogP contribution in [-0.4, -0.2) is 64.4 Å². The van der Waals surface area contributed by atoms with Crippen LogP contribution in [0.1, 0.15) is 52.5 Å². The number of hydrogen-bond donors (Lipinski definition) is 1. The average molecular weight is 479 g/mol. The minimum atomic E-state index is -0.893. The number of Topliss-reactive ketones (excluding diaryl/α,β-unsaturated/α-hetero) is 1. The second kappa shape index (κ2) is 12.6. The number of hydrogen-bond acceptors (Lipinski definition) is 7. The first-order valence-electron chi connectivity index (χ1n) is 11.2. The van der Waals surface area contributed by atoms with Crippen LogP contribution in [0.4, 0.5) is 4.79 Å². The van der Waals surface area contributed by atoms with E-state index in [1.165, 1.54) is 16.7 Å². The Hall–Kier alpha value is -2.55. The van der Waals surface area contributed by atoms with E-state index in [9.17, 15) is 19.2 Å². The summed E-state index contributed by atoms with van der Waals surface area (Å²) in [5.41, 5.74) is 0.282. The van der Waals surface area contributed by atoms with Crippen LogP contribution in [-0.2, 0) is 30.5 Å². The topological polar surface area (TPSA) is 102 Å². The van der Waals surface area contributed by atoms with E-state index in [-0.39, 0.29) is 49.0 Å². The van der Waals surface area contributed by atoms with E-state index in [2.05, 4.69) is 5.32 Å². The van der Waals surface area contributed by atoms with Crippen molar-refractivity contribution in [3.63, 3.8) is 0 Å². The van der Waals surface area contributed by atoms with Gasteiger partial charge in [-0.25, -0.2) is 4.79 Å². The maximum atomic E-state index is 12.9. The molecule has 1 heterocycles. The Balaban J connectivity index is 1.89. The van der Waals surface area contributed by atoms with Gasteiger partial charge in [0, 0.05) is 18.2 Å². The Bertz CT molecular complexity index is 824. The highest BCUT2D eigenvalue weighted by Crippen LogP contribution is 2.18. The highest BCUT2D eigenvalue weighted by Gasteiger charge is 2.40. The molecule has 2 atom stereocenters. The van der Waals surface area contributed by atoms with Crippen LogP contribution in [0.2, 0.25) is 0 Å². The number of ether oxygens (including phenoxy) is 2. The molecule has 1 aromatic carbocycles. The molecule has 0 unspecified atom stereocenters. The monoisotopic (exact) mass is 478 g/mol. The van der Waals surface area contributed by atoms with Gasteiger partial charge in [-0.1, -0.05) is 43.7 Å². The standard InChI is InChI=1S/C24H34N2O6S/c1-5-9-18(15-33-16-21(28)32-24(2,3)4)25-22(29)20-12-19(27)13-26(20)23(30)31-14-17-10-7-6-8-11-17/h6-8,10-11,18,20H,5,9,12-16H2,1-4H3,(H,25,29)/t18-,20+/m0/s1. The third-order valence-corrected chi connectivity index (χ3v) is 5.91. The second-order valence-electron chi connectivity index (χ2n) is 9.02. The summed E-state index contributed by atoms with van der Waals surface area (Å²) in [5, 5.41) is 2.95. The Morgan fingerprint density at radius 1 is 1.21 bits per heavy atom. The van der Waals surface area contributed by atoms with Gasteiger partial charge in [0.25, 0.3) is 0 Å². The summed E-state index contributed by atoms with van der Waals surface area (Å²) in [6.07, 6.45) is 0.836. The Labute approximate surface area is 199 Å². The molecule has 2 rings (SSSR count). The molecule has 1 aromatic rings. The predicted octanol–water partition coefficient (Wildman–Crippen LogP) is 3.33. The van der Waals surface area contributed by atoms with E-state index in [0.29, 0.717) is 12.2 Å². The molecule has 0 aromatic heterocycles. The van der Waals surface area contributed by atoms with Crippen molar-refractivity contribution in [1.29, 1.82) is 0 Å². The molecule has 0 aliphatic carbocycles. The van der Waals surface area contributed by atoms with Gasteiger partial charge in [0.2, 0.25) is 5.91 Å². The lowest BCUT2D eigenvalue weighted by Gasteiger charge is -2.25. The summed E-state index contributed by atoms with van der Waals surface area (Å²) in [6.45, 7) is 7.37. The minimum absolute atomic E-state index is 0.0316. The fraction of sp³-hybridized carbons (Fsp3) is 0.583. The zero-order chi connectivity index (χ0) is 24.4. The second-order valence-corrected chi connectivity index (χ2v) is 10.1. The summed E-state index contributed by atoms with van der Waals surface area (Å²) < 4.78 is 10.6. The third-order valence-electron chi connectivity index (χ3n) is 4.83. The van der Waals surface area contributed by atoms with E-state index in [1.54, 1.807) is 0 Å². The van der Waals surface area contributed by atoms with Gasteiger partial charge >= 0.3 is 12.1 Å². The molecule has 2 amide bonds. The molecule has 8 nitrogen and oxygen atoms in total. The van der Waals surface area contributed by atoms with Gasteiger partial charge in [-0.05, 0) is 32.8 Å². The molecule has 0 spiro atoms. The van der Waals surface area contributed by atoms with E-state index in [1.807, 2.05) is 58.0 Å². The lowest BCUT2D eigenvalue weighted by molar-refractivity contribution is -0.151. The van der Waals surface area contributed by atoms with Crippen molar-refractivity contribution in [3.8, 4) is 0 Å². The molecular formula is C24H34N2O6S. The molecule has 0 bridgehead atoms. The van der Waals surface area contributed by atoms with Crippen LogP contribution in [0.15, 0.2) is 30.3 Å². The lowest BCUT2D eigenvalue weighted by Crippen LogP contribution is -2.49. The van der Waals surface area contributed by atoms with Gasteiger partial charge in [0.15, 0.2) is 5.78 Å². The number of likely N-dealkylation sites (tertiary alicyclic amines) is 1. The van der Waals surface area contributed by atoms with Gasteiger partial charge in [0.05, 0.1) is 12.3 Å². The van der Waals surface area contributed by atoms with Gasteiger partial charge in [-0.3, -0.25) is 19.3 Å². The fourth-order valence-electron chi connectivity index (χ4n) is 3.42. The Kier molecular flexibility index (Phi) is 10.2. The molecule has 1 saturated heterocycles. The first-order chi connectivity index (χ1) is 15.6. The summed E-state index contributed by atoms with van der Waals surface area (Å²) >= 11 is 1.39. The summed E-state index contributed by atoms with van der Waals surface area (Å²) in [7, 11) is 0. The van der Waals surface area contributed by atoms with Crippen molar-refractivity contribution < 1.29 is 28.7 Å². The first-order valence-corrected chi connectivity index (χ1v) is 12.3. The number of ketones is 1. The van der Waals surface area contributed by atoms with Crippen LogP contribution in [0.25, 0.3) is 0 Å². The molecule has 0 saturated carbocycles. The predicted molar refractivity (Wildman–Crippen MR) is 127 cm³/mol. The van der Waals surface area contributed by atoms with Crippen LogP contribution in [0, 0.1) is 0 Å². The number of amides is 2. The van der Waals surface area contributed by atoms with Crippen molar-refractivity contribution in [3.05, 3.63) is 35.9 Å². The largest absolute Gasteiger partial charge is 0.459 e. The number of rotatable bonds is 10. The average Bonchev–Trinajstić information content (AvgIpc) is 3.13. The highest BCUT2D eigenvalue weighted by atomic mass is 32.2. The van der Waals surface area contributed by atoms with Gasteiger partial charge in [-0.15, -0.1) is 11.8 Å². The highest BCUT2D eigenvalue weighted by molar-refractivity contribution is 7.99. The molecule has 0 radical (unpaired) electrons. The molecule has 33 heavy (non-hydrogen) atoms. The SMILES string of the molecule is CCC[C@@H](CSCC(=O)OC(C)(C)C)NC(=O)[C@H]1CC(=O)CN1C(=O)OCc1ccccc1. The Morgan fingerprint density at radius 2 is 1.91 bits per heavy atom. The maximum absolute atomic E-state index is 12.9. The maximum Gasteiger partial charge on any atom is 0.411 e.